The van der Waals surface area contributed by atoms with Crippen molar-refractivity contribution >= 4 is 17.9 Å². The number of carbonyl (C=O) groups excluding carboxylic acids is 1. The van der Waals surface area contributed by atoms with Gasteiger partial charge in [-0.05, 0) is 38.5 Å². The normalized spacial score (nSPS) is 12.3. The molecule has 1 atom stereocenters. The largest absolute Gasteiger partial charge is 0.480 e. The Morgan fingerprint density at radius 3 is 2.28 bits per heavy atom. The maximum Gasteiger partial charge on any atom is 0.416 e. The van der Waals surface area contributed by atoms with Crippen molar-refractivity contribution in [2.24, 2.45) is 0 Å². The number of hydrogen-bond acceptors (Lipinski definition) is 4. The molecule has 0 saturated carbocycles. The molecule has 0 spiro atoms. The van der Waals surface area contributed by atoms with E-state index in [1.807, 2.05) is 30.3 Å². The van der Waals surface area contributed by atoms with Crippen molar-refractivity contribution in [3.8, 4) is 0 Å². The second-order valence-electron chi connectivity index (χ2n) is 6.58. The molecule has 6 heteroatoms. The van der Waals surface area contributed by atoms with E-state index in [1.165, 1.54) is 6.20 Å². The highest BCUT2D eigenvalue weighted by molar-refractivity contribution is 5.94. The number of carbonyl (C=O) groups is 2. The minimum absolute atomic E-state index is 0.145. The molecule has 25 heavy (non-hydrogen) atoms. The third-order valence-corrected chi connectivity index (χ3v) is 3.35. The molecular weight excluding hydrogens is 320 g/mol. The average molecular weight is 342 g/mol. The Labute approximate surface area is 147 Å². The quantitative estimate of drug-likeness (QED) is 0.899. The van der Waals surface area contributed by atoms with Crippen molar-refractivity contribution in [3.05, 3.63) is 60.3 Å². The van der Waals surface area contributed by atoms with Gasteiger partial charge in [0.25, 0.3) is 0 Å². The van der Waals surface area contributed by atoms with Crippen molar-refractivity contribution in [1.82, 2.24) is 4.98 Å². The summed E-state index contributed by atoms with van der Waals surface area (Å²) in [6, 6.07) is 13.0. The van der Waals surface area contributed by atoms with Crippen molar-refractivity contribution in [2.45, 2.75) is 38.8 Å². The molecule has 0 aliphatic heterocycles. The Hall–Kier alpha value is -2.89. The SMILES string of the molecule is CC(C)(C)OC(=O)N(c1ccccn1)[C@@H](Cc1ccccc1)C(=O)O. The molecule has 0 fully saturated rings. The third-order valence-electron chi connectivity index (χ3n) is 3.35. The van der Waals surface area contributed by atoms with Crippen LogP contribution in [-0.4, -0.2) is 33.8 Å². The summed E-state index contributed by atoms with van der Waals surface area (Å²) in [5, 5.41) is 9.74. The summed E-state index contributed by atoms with van der Waals surface area (Å²) >= 11 is 0. The minimum Gasteiger partial charge on any atom is -0.480 e. The van der Waals surface area contributed by atoms with Crippen LogP contribution in [0.15, 0.2) is 54.7 Å². The number of ether oxygens (including phenoxy) is 1. The minimum atomic E-state index is -1.13. The lowest BCUT2D eigenvalue weighted by atomic mass is 10.0. The number of nitrogens with zero attached hydrogens (tertiary/aromatic N) is 2. The Bertz CT molecular complexity index is 711. The molecule has 1 N–H and O–H groups in total. The standard InChI is InChI=1S/C19H22N2O4/c1-19(2,3)25-18(24)21(16-11-7-8-12-20-16)15(17(22)23)13-14-9-5-4-6-10-14/h4-12,15H,13H2,1-3H3,(H,22,23)/t15-/m0/s1. The van der Waals surface area contributed by atoms with Gasteiger partial charge in [-0.3, -0.25) is 0 Å². The van der Waals surface area contributed by atoms with Crippen LogP contribution in [0.5, 0.6) is 0 Å². The summed E-state index contributed by atoms with van der Waals surface area (Å²) in [6.45, 7) is 5.19. The molecule has 0 unspecified atom stereocenters. The third kappa shape index (κ3) is 5.31. The summed E-state index contributed by atoms with van der Waals surface area (Å²) < 4.78 is 5.41. The second kappa shape index (κ2) is 7.79. The number of aromatic nitrogens is 1. The summed E-state index contributed by atoms with van der Waals surface area (Å²) in [6.07, 6.45) is 0.912. The number of pyridine rings is 1. The van der Waals surface area contributed by atoms with Crippen LogP contribution >= 0.6 is 0 Å². The molecule has 2 rings (SSSR count). The number of hydrogen-bond donors (Lipinski definition) is 1. The van der Waals surface area contributed by atoms with E-state index in [-0.39, 0.29) is 12.2 Å². The highest BCUT2D eigenvalue weighted by Gasteiger charge is 2.35. The zero-order valence-corrected chi connectivity index (χ0v) is 14.5. The lowest BCUT2D eigenvalue weighted by Gasteiger charge is -2.30. The van der Waals surface area contributed by atoms with Crippen LogP contribution in [0.1, 0.15) is 26.3 Å². The number of aliphatic carboxylic acids is 1. The van der Waals surface area contributed by atoms with Gasteiger partial charge < -0.3 is 9.84 Å². The summed E-state index contributed by atoms with van der Waals surface area (Å²) in [7, 11) is 0. The number of anilines is 1. The monoisotopic (exact) mass is 342 g/mol. The van der Waals surface area contributed by atoms with Crippen LogP contribution in [0.4, 0.5) is 10.6 Å². The van der Waals surface area contributed by atoms with Crippen molar-refractivity contribution in [1.29, 1.82) is 0 Å². The van der Waals surface area contributed by atoms with E-state index in [0.29, 0.717) is 0 Å². The van der Waals surface area contributed by atoms with Gasteiger partial charge in [0.15, 0.2) is 0 Å². The fourth-order valence-electron chi connectivity index (χ4n) is 2.31. The fraction of sp³-hybridized carbons (Fsp3) is 0.316. The lowest BCUT2D eigenvalue weighted by Crippen LogP contribution is -2.49. The summed E-state index contributed by atoms with van der Waals surface area (Å²) in [5.41, 5.74) is 0.0549. The molecule has 0 saturated heterocycles. The Kier molecular flexibility index (Phi) is 5.75. The van der Waals surface area contributed by atoms with Gasteiger partial charge in [-0.15, -0.1) is 0 Å². The Balaban J connectivity index is 2.40. The number of carboxylic acids is 1. The van der Waals surface area contributed by atoms with E-state index < -0.39 is 23.7 Å². The predicted octanol–water partition coefficient (Wildman–Crippen LogP) is 3.52. The van der Waals surface area contributed by atoms with E-state index in [2.05, 4.69) is 4.98 Å². The van der Waals surface area contributed by atoms with E-state index in [4.69, 9.17) is 4.74 Å². The van der Waals surface area contributed by atoms with Crippen molar-refractivity contribution in [3.63, 3.8) is 0 Å². The molecule has 0 bridgehead atoms. The van der Waals surface area contributed by atoms with Gasteiger partial charge in [-0.1, -0.05) is 36.4 Å². The maximum absolute atomic E-state index is 12.7. The van der Waals surface area contributed by atoms with Crippen molar-refractivity contribution in [2.75, 3.05) is 4.90 Å². The first-order valence-electron chi connectivity index (χ1n) is 7.98. The number of carboxylic acid groups (broad SMARTS) is 1. The van der Waals surface area contributed by atoms with Crippen LogP contribution in [0.25, 0.3) is 0 Å². The molecule has 1 aromatic heterocycles. The van der Waals surface area contributed by atoms with Gasteiger partial charge in [0, 0.05) is 12.6 Å². The molecule has 1 amide bonds. The first kappa shape index (κ1) is 18.4. The smallest absolute Gasteiger partial charge is 0.416 e. The summed E-state index contributed by atoms with van der Waals surface area (Å²) in [4.78, 5) is 29.8. The van der Waals surface area contributed by atoms with Gasteiger partial charge in [-0.2, -0.15) is 0 Å². The van der Waals surface area contributed by atoms with Gasteiger partial charge in [-0.25, -0.2) is 19.5 Å². The lowest BCUT2D eigenvalue weighted by molar-refractivity contribution is -0.138. The van der Waals surface area contributed by atoms with Crippen LogP contribution in [0.3, 0.4) is 0 Å². The molecule has 1 heterocycles. The van der Waals surface area contributed by atoms with Crippen LogP contribution in [0.2, 0.25) is 0 Å². The van der Waals surface area contributed by atoms with Gasteiger partial charge in [0.05, 0.1) is 0 Å². The first-order chi connectivity index (χ1) is 11.8. The highest BCUT2D eigenvalue weighted by Crippen LogP contribution is 2.21. The molecule has 0 aliphatic rings. The van der Waals surface area contributed by atoms with Gasteiger partial charge >= 0.3 is 12.1 Å². The topological polar surface area (TPSA) is 79.7 Å². The van der Waals surface area contributed by atoms with E-state index in [1.54, 1.807) is 39.0 Å². The van der Waals surface area contributed by atoms with Crippen molar-refractivity contribution < 1.29 is 19.4 Å². The van der Waals surface area contributed by atoms with Gasteiger partial charge in [0.2, 0.25) is 0 Å². The highest BCUT2D eigenvalue weighted by atomic mass is 16.6. The van der Waals surface area contributed by atoms with E-state index in [0.717, 1.165) is 10.5 Å². The molecule has 6 nitrogen and oxygen atoms in total. The molecular formula is C19H22N2O4. The first-order valence-corrected chi connectivity index (χ1v) is 7.98. The molecule has 0 radical (unpaired) electrons. The Morgan fingerprint density at radius 2 is 1.76 bits per heavy atom. The predicted molar refractivity (Wildman–Crippen MR) is 94.5 cm³/mol. The Morgan fingerprint density at radius 1 is 1.12 bits per heavy atom. The van der Waals surface area contributed by atoms with Crippen LogP contribution < -0.4 is 4.90 Å². The molecule has 132 valence electrons. The number of benzene rings is 1. The number of amides is 1. The average Bonchev–Trinajstić information content (AvgIpc) is 2.54. The fourth-order valence-corrected chi connectivity index (χ4v) is 2.31. The maximum atomic E-state index is 12.7. The van der Waals surface area contributed by atoms with Gasteiger partial charge in [0.1, 0.15) is 17.5 Å². The zero-order valence-electron chi connectivity index (χ0n) is 14.5. The zero-order chi connectivity index (χ0) is 18.4. The molecule has 2 aromatic rings. The van der Waals surface area contributed by atoms with E-state index in [9.17, 15) is 14.7 Å². The number of rotatable bonds is 5. The van der Waals surface area contributed by atoms with Crippen LogP contribution in [0, 0.1) is 0 Å². The summed E-state index contributed by atoms with van der Waals surface area (Å²) in [5.74, 6) is -0.888. The second-order valence-corrected chi connectivity index (χ2v) is 6.58. The van der Waals surface area contributed by atoms with Crippen LogP contribution in [-0.2, 0) is 16.0 Å². The molecule has 1 aromatic carbocycles. The van der Waals surface area contributed by atoms with E-state index >= 15 is 0 Å². The molecule has 0 aliphatic carbocycles.